The van der Waals surface area contributed by atoms with E-state index in [9.17, 15) is 0 Å². The summed E-state index contributed by atoms with van der Waals surface area (Å²) < 4.78 is 7.06. The summed E-state index contributed by atoms with van der Waals surface area (Å²) in [6.45, 7) is 2.02. The van der Waals surface area contributed by atoms with Gasteiger partial charge in [0.2, 0.25) is 0 Å². The van der Waals surface area contributed by atoms with Gasteiger partial charge in [-0.05, 0) is 25.5 Å². The lowest BCUT2D eigenvalue weighted by molar-refractivity contribution is 0.111. The van der Waals surface area contributed by atoms with E-state index in [1.54, 1.807) is 25.4 Å². The molecule has 0 fully saturated rings. The number of pyridine rings is 1. The third-order valence-corrected chi connectivity index (χ3v) is 2.78. The number of aromatic nitrogens is 3. The first kappa shape index (κ1) is 11.6. The van der Waals surface area contributed by atoms with Crippen molar-refractivity contribution in [2.45, 2.75) is 25.9 Å². The van der Waals surface area contributed by atoms with Crippen LogP contribution in [0.25, 0.3) is 5.65 Å². The molecule has 5 nitrogen and oxygen atoms in total. The van der Waals surface area contributed by atoms with Gasteiger partial charge in [-0.15, -0.1) is 10.2 Å². The summed E-state index contributed by atoms with van der Waals surface area (Å²) in [5.41, 5.74) is 1.38. The van der Waals surface area contributed by atoms with Crippen molar-refractivity contribution >= 4 is 5.65 Å². The molecule has 2 heterocycles. The molecule has 0 N–H and O–H groups in total. The molecule has 0 radical (unpaired) electrons. The van der Waals surface area contributed by atoms with Crippen LogP contribution in [0.4, 0.5) is 0 Å². The van der Waals surface area contributed by atoms with Crippen molar-refractivity contribution in [1.82, 2.24) is 14.6 Å². The fourth-order valence-electron chi connectivity index (χ4n) is 1.63. The molecule has 0 aliphatic rings. The van der Waals surface area contributed by atoms with Gasteiger partial charge in [0.15, 0.2) is 5.65 Å². The molecule has 0 saturated heterocycles. The molecular weight excluding hydrogens is 216 g/mol. The Morgan fingerprint density at radius 1 is 1.47 bits per heavy atom. The van der Waals surface area contributed by atoms with E-state index in [1.807, 2.05) is 11.3 Å². The highest BCUT2D eigenvalue weighted by Gasteiger charge is 2.08. The van der Waals surface area contributed by atoms with Gasteiger partial charge in [0, 0.05) is 19.7 Å². The normalized spacial score (nSPS) is 12.5. The first-order valence-corrected chi connectivity index (χ1v) is 5.51. The topological polar surface area (TPSA) is 63.2 Å². The monoisotopic (exact) mass is 230 g/mol. The van der Waals surface area contributed by atoms with Gasteiger partial charge in [0.05, 0.1) is 11.7 Å². The van der Waals surface area contributed by atoms with E-state index >= 15 is 0 Å². The molecule has 0 saturated carbocycles. The average Bonchev–Trinajstić information content (AvgIpc) is 2.78. The van der Waals surface area contributed by atoms with Gasteiger partial charge in [0.25, 0.3) is 0 Å². The van der Waals surface area contributed by atoms with Crippen molar-refractivity contribution < 1.29 is 4.74 Å². The Labute approximate surface area is 99.7 Å². The van der Waals surface area contributed by atoms with Crippen LogP contribution in [0, 0.1) is 11.3 Å². The minimum absolute atomic E-state index is 0.196. The molecule has 0 spiro atoms. The number of methoxy groups -OCH3 is 1. The second kappa shape index (κ2) is 4.93. The number of aryl methyl sites for hydroxylation is 1. The number of fused-ring (bicyclic) bond motifs is 1. The molecule has 2 aromatic rings. The van der Waals surface area contributed by atoms with Crippen molar-refractivity contribution in [3.63, 3.8) is 0 Å². The summed E-state index contributed by atoms with van der Waals surface area (Å²) in [4.78, 5) is 0. The highest BCUT2D eigenvalue weighted by Crippen LogP contribution is 2.09. The maximum Gasteiger partial charge on any atom is 0.160 e. The van der Waals surface area contributed by atoms with Crippen molar-refractivity contribution in [1.29, 1.82) is 5.26 Å². The van der Waals surface area contributed by atoms with E-state index in [-0.39, 0.29) is 6.10 Å². The first-order valence-electron chi connectivity index (χ1n) is 5.51. The molecule has 1 atom stereocenters. The SMILES string of the molecule is COC(C)CCc1nnc2ccc(C#N)cn12. The number of hydrogen-bond donors (Lipinski definition) is 0. The lowest BCUT2D eigenvalue weighted by Crippen LogP contribution is -2.07. The zero-order chi connectivity index (χ0) is 12.3. The Morgan fingerprint density at radius 3 is 3.00 bits per heavy atom. The molecule has 0 aliphatic carbocycles. The van der Waals surface area contributed by atoms with Crippen molar-refractivity contribution in [2.24, 2.45) is 0 Å². The molecule has 88 valence electrons. The molecule has 2 rings (SSSR count). The Balaban J connectivity index is 2.25. The molecule has 1 unspecified atom stereocenters. The third-order valence-electron chi connectivity index (χ3n) is 2.78. The van der Waals surface area contributed by atoms with E-state index in [0.29, 0.717) is 5.56 Å². The second-order valence-electron chi connectivity index (χ2n) is 3.96. The molecular formula is C12H14N4O. The molecule has 0 aliphatic heterocycles. The quantitative estimate of drug-likeness (QED) is 0.799. The second-order valence-corrected chi connectivity index (χ2v) is 3.96. The number of rotatable bonds is 4. The lowest BCUT2D eigenvalue weighted by atomic mass is 10.2. The summed E-state index contributed by atoms with van der Waals surface area (Å²) >= 11 is 0. The van der Waals surface area contributed by atoms with E-state index < -0.39 is 0 Å². The van der Waals surface area contributed by atoms with Crippen molar-refractivity contribution in [2.75, 3.05) is 7.11 Å². The molecule has 17 heavy (non-hydrogen) atoms. The van der Waals surface area contributed by atoms with Gasteiger partial charge in [-0.1, -0.05) is 0 Å². The lowest BCUT2D eigenvalue weighted by Gasteiger charge is -2.07. The summed E-state index contributed by atoms with van der Waals surface area (Å²) in [7, 11) is 1.69. The Bertz CT molecular complexity index is 555. The minimum Gasteiger partial charge on any atom is -0.382 e. The summed E-state index contributed by atoms with van der Waals surface area (Å²) in [5, 5.41) is 17.0. The zero-order valence-electron chi connectivity index (χ0n) is 9.92. The molecule has 0 bridgehead atoms. The van der Waals surface area contributed by atoms with Crippen LogP contribution in [-0.2, 0) is 11.2 Å². The Morgan fingerprint density at radius 2 is 2.29 bits per heavy atom. The van der Waals surface area contributed by atoms with Gasteiger partial charge in [-0.2, -0.15) is 5.26 Å². The molecule has 2 aromatic heterocycles. The fraction of sp³-hybridized carbons (Fsp3) is 0.417. The van der Waals surface area contributed by atoms with Crippen LogP contribution in [0.5, 0.6) is 0 Å². The van der Waals surface area contributed by atoms with Gasteiger partial charge in [0.1, 0.15) is 11.9 Å². The van der Waals surface area contributed by atoms with Gasteiger partial charge in [-0.3, -0.25) is 4.40 Å². The standard InChI is InChI=1S/C12H14N4O/c1-9(17-2)3-5-11-14-15-12-6-4-10(7-13)8-16(11)12/h4,6,8-9H,3,5H2,1-2H3. The predicted octanol–water partition coefficient (Wildman–Crippen LogP) is 1.57. The first-order chi connectivity index (χ1) is 8.24. The zero-order valence-corrected chi connectivity index (χ0v) is 9.92. The number of hydrogen-bond acceptors (Lipinski definition) is 4. The molecule has 5 heteroatoms. The third kappa shape index (κ3) is 2.43. The van der Waals surface area contributed by atoms with Crippen molar-refractivity contribution in [3.05, 3.63) is 29.7 Å². The van der Waals surface area contributed by atoms with Crippen LogP contribution >= 0.6 is 0 Å². The summed E-state index contributed by atoms with van der Waals surface area (Å²) in [5.74, 6) is 0.862. The Hall–Kier alpha value is -1.93. The number of nitrogens with zero attached hydrogens (tertiary/aromatic N) is 4. The molecule has 0 amide bonds. The van der Waals surface area contributed by atoms with Crippen LogP contribution in [0.1, 0.15) is 24.7 Å². The van der Waals surface area contributed by atoms with Crippen molar-refractivity contribution in [3.8, 4) is 6.07 Å². The smallest absolute Gasteiger partial charge is 0.160 e. The van der Waals surface area contributed by atoms with E-state index in [4.69, 9.17) is 10.00 Å². The summed E-state index contributed by atoms with van der Waals surface area (Å²) in [6.07, 6.45) is 3.63. The highest BCUT2D eigenvalue weighted by atomic mass is 16.5. The molecule has 0 aromatic carbocycles. The van der Waals surface area contributed by atoms with Crippen LogP contribution in [0.3, 0.4) is 0 Å². The van der Waals surface area contributed by atoms with E-state index in [0.717, 1.165) is 24.3 Å². The largest absolute Gasteiger partial charge is 0.382 e. The van der Waals surface area contributed by atoms with Crippen LogP contribution in [-0.4, -0.2) is 27.8 Å². The van der Waals surface area contributed by atoms with Gasteiger partial charge in [-0.25, -0.2) is 0 Å². The average molecular weight is 230 g/mol. The maximum atomic E-state index is 8.86. The van der Waals surface area contributed by atoms with Crippen LogP contribution in [0.15, 0.2) is 18.3 Å². The summed E-state index contributed by atoms with van der Waals surface area (Å²) in [6, 6.07) is 5.65. The maximum absolute atomic E-state index is 8.86. The Kier molecular flexibility index (Phi) is 3.35. The van der Waals surface area contributed by atoms with E-state index in [2.05, 4.69) is 16.3 Å². The van der Waals surface area contributed by atoms with Gasteiger partial charge >= 0.3 is 0 Å². The van der Waals surface area contributed by atoms with Crippen LogP contribution in [0.2, 0.25) is 0 Å². The number of ether oxygens (including phenoxy) is 1. The van der Waals surface area contributed by atoms with E-state index in [1.165, 1.54) is 0 Å². The minimum atomic E-state index is 0.196. The highest BCUT2D eigenvalue weighted by molar-refractivity contribution is 5.42. The predicted molar refractivity (Wildman–Crippen MR) is 62.5 cm³/mol. The number of nitriles is 1. The van der Waals surface area contributed by atoms with Crippen LogP contribution < -0.4 is 0 Å². The van der Waals surface area contributed by atoms with Gasteiger partial charge < -0.3 is 4.74 Å². The fourth-order valence-corrected chi connectivity index (χ4v) is 1.63.